The highest BCUT2D eigenvalue weighted by Crippen LogP contribution is 2.10. The van der Waals surface area contributed by atoms with Crippen molar-refractivity contribution in [1.82, 2.24) is 4.90 Å². The van der Waals surface area contributed by atoms with Crippen LogP contribution in [-0.4, -0.2) is 58.2 Å². The zero-order valence-electron chi connectivity index (χ0n) is 13.3. The van der Waals surface area contributed by atoms with Crippen LogP contribution < -0.4 is 4.90 Å². The van der Waals surface area contributed by atoms with Gasteiger partial charge in [-0.05, 0) is 12.5 Å². The number of hydrogen-bond donors (Lipinski definition) is 1. The summed E-state index contributed by atoms with van der Waals surface area (Å²) < 4.78 is 24.3. The Morgan fingerprint density at radius 1 is 1.18 bits per heavy atom. The van der Waals surface area contributed by atoms with Crippen molar-refractivity contribution >= 4 is 15.7 Å². The normalized spacial score (nSPS) is 16.7. The van der Waals surface area contributed by atoms with Crippen LogP contribution in [0.25, 0.3) is 0 Å². The molecule has 22 heavy (non-hydrogen) atoms. The zero-order valence-corrected chi connectivity index (χ0v) is 14.2. The Kier molecular flexibility index (Phi) is 5.58. The number of benzene rings is 1. The molecule has 0 unspecified atom stereocenters. The molecule has 1 aliphatic rings. The molecule has 0 saturated carbocycles. The molecule has 0 atom stereocenters. The third kappa shape index (κ3) is 5.10. The van der Waals surface area contributed by atoms with Crippen LogP contribution in [0.1, 0.15) is 17.5 Å². The fraction of sp³-hybridized carbons (Fsp3) is 0.562. The van der Waals surface area contributed by atoms with Crippen LogP contribution in [0, 0.1) is 6.92 Å². The topological polar surface area (TPSA) is 58.9 Å². The second-order valence-electron chi connectivity index (χ2n) is 6.17. The molecular formula is C16H25N2O3S+. The number of carbonyl (C=O) groups excluding carboxylic acids is 1. The van der Waals surface area contributed by atoms with E-state index in [1.165, 1.54) is 4.90 Å². The lowest BCUT2D eigenvalue weighted by atomic mass is 10.2. The molecule has 0 aliphatic carbocycles. The van der Waals surface area contributed by atoms with Gasteiger partial charge in [-0.25, -0.2) is 8.42 Å². The lowest BCUT2D eigenvalue weighted by molar-refractivity contribution is -0.883. The smallest absolute Gasteiger partial charge is 0.224 e. The Bertz CT molecular complexity index is 603. The standard InChI is InChI=1S/C16H24N2O3S/c1-14-3-5-15(6-4-14)13-22(20,21)12-7-16(19)18-10-8-17(2)9-11-18/h3-6H,7-13H2,1-2H3/p+1. The molecule has 1 amide bonds. The van der Waals surface area contributed by atoms with Gasteiger partial charge in [0.2, 0.25) is 5.91 Å². The van der Waals surface area contributed by atoms with Gasteiger partial charge in [0.05, 0.1) is 44.7 Å². The molecule has 0 bridgehead atoms. The fourth-order valence-electron chi connectivity index (χ4n) is 2.55. The summed E-state index contributed by atoms with van der Waals surface area (Å²) >= 11 is 0. The summed E-state index contributed by atoms with van der Waals surface area (Å²) in [6, 6.07) is 7.47. The van der Waals surface area contributed by atoms with E-state index in [1.807, 2.05) is 31.2 Å². The number of amides is 1. The molecule has 1 N–H and O–H groups in total. The molecule has 0 aromatic heterocycles. The van der Waals surface area contributed by atoms with Crippen LogP contribution in [0.3, 0.4) is 0 Å². The number of rotatable bonds is 5. The summed E-state index contributed by atoms with van der Waals surface area (Å²) in [5.74, 6) is -0.105. The van der Waals surface area contributed by atoms with Crippen molar-refractivity contribution < 1.29 is 18.1 Å². The van der Waals surface area contributed by atoms with E-state index in [-0.39, 0.29) is 23.8 Å². The first-order chi connectivity index (χ1) is 10.4. The van der Waals surface area contributed by atoms with Crippen LogP contribution in [0.15, 0.2) is 24.3 Å². The summed E-state index contributed by atoms with van der Waals surface area (Å²) in [4.78, 5) is 15.3. The van der Waals surface area contributed by atoms with Gasteiger partial charge >= 0.3 is 0 Å². The molecule has 2 rings (SSSR count). The average Bonchev–Trinajstić information content (AvgIpc) is 2.48. The second-order valence-corrected chi connectivity index (χ2v) is 8.35. The van der Waals surface area contributed by atoms with E-state index >= 15 is 0 Å². The Labute approximate surface area is 132 Å². The zero-order chi connectivity index (χ0) is 16.2. The number of likely N-dealkylation sites (N-methyl/N-ethyl adjacent to an activating group) is 1. The summed E-state index contributed by atoms with van der Waals surface area (Å²) in [6.07, 6.45) is 0.0905. The van der Waals surface area contributed by atoms with Crippen LogP contribution in [0.2, 0.25) is 0 Å². The van der Waals surface area contributed by atoms with E-state index in [4.69, 9.17) is 0 Å². The molecular weight excluding hydrogens is 300 g/mol. The number of carbonyl (C=O) groups is 1. The van der Waals surface area contributed by atoms with Gasteiger partial charge in [0, 0.05) is 6.42 Å². The molecule has 1 fully saturated rings. The molecule has 1 aromatic rings. The van der Waals surface area contributed by atoms with E-state index in [2.05, 4.69) is 7.05 Å². The monoisotopic (exact) mass is 325 g/mol. The predicted octanol–water partition coefficient (Wildman–Crippen LogP) is -0.343. The van der Waals surface area contributed by atoms with E-state index in [0.29, 0.717) is 0 Å². The van der Waals surface area contributed by atoms with Crippen molar-refractivity contribution in [3.05, 3.63) is 35.4 Å². The van der Waals surface area contributed by atoms with Gasteiger partial charge in [-0.3, -0.25) is 4.79 Å². The van der Waals surface area contributed by atoms with E-state index in [9.17, 15) is 13.2 Å². The summed E-state index contributed by atoms with van der Waals surface area (Å²) in [5.41, 5.74) is 1.88. The Morgan fingerprint density at radius 2 is 1.77 bits per heavy atom. The molecule has 0 spiro atoms. The fourth-order valence-corrected chi connectivity index (χ4v) is 3.88. The van der Waals surface area contributed by atoms with Gasteiger partial charge < -0.3 is 9.80 Å². The van der Waals surface area contributed by atoms with Gasteiger partial charge in [-0.2, -0.15) is 0 Å². The van der Waals surface area contributed by atoms with Crippen molar-refractivity contribution in [1.29, 1.82) is 0 Å². The molecule has 1 saturated heterocycles. The molecule has 5 nitrogen and oxygen atoms in total. The van der Waals surface area contributed by atoms with E-state index in [1.54, 1.807) is 4.90 Å². The molecule has 0 radical (unpaired) electrons. The maximum absolute atomic E-state index is 12.1. The minimum atomic E-state index is -3.24. The van der Waals surface area contributed by atoms with Crippen molar-refractivity contribution in [2.45, 2.75) is 19.1 Å². The second kappa shape index (κ2) is 7.24. The first-order valence-electron chi connectivity index (χ1n) is 7.71. The quantitative estimate of drug-likeness (QED) is 0.806. The minimum Gasteiger partial charge on any atom is -0.334 e. The predicted molar refractivity (Wildman–Crippen MR) is 86.5 cm³/mol. The third-order valence-electron chi connectivity index (χ3n) is 4.10. The maximum atomic E-state index is 12.1. The lowest BCUT2D eigenvalue weighted by Crippen LogP contribution is -3.12. The van der Waals surface area contributed by atoms with Crippen molar-refractivity contribution in [2.24, 2.45) is 0 Å². The van der Waals surface area contributed by atoms with Crippen LogP contribution in [-0.2, 0) is 20.4 Å². The SMILES string of the molecule is Cc1ccc(CS(=O)(=O)CCC(=O)N2CC[NH+](C)CC2)cc1. The number of nitrogens with zero attached hydrogens (tertiary/aromatic N) is 1. The highest BCUT2D eigenvalue weighted by atomic mass is 32.2. The van der Waals surface area contributed by atoms with Crippen molar-refractivity contribution in [3.8, 4) is 0 Å². The molecule has 1 aliphatic heterocycles. The van der Waals surface area contributed by atoms with Crippen molar-refractivity contribution in [2.75, 3.05) is 39.0 Å². The summed E-state index contributed by atoms with van der Waals surface area (Å²) in [7, 11) is -1.14. The number of piperazine rings is 1. The largest absolute Gasteiger partial charge is 0.334 e. The van der Waals surface area contributed by atoms with E-state index < -0.39 is 9.84 Å². The van der Waals surface area contributed by atoms with Gasteiger partial charge in [0.15, 0.2) is 9.84 Å². The third-order valence-corrected chi connectivity index (χ3v) is 5.70. The van der Waals surface area contributed by atoms with Crippen LogP contribution in [0.4, 0.5) is 0 Å². The molecule has 122 valence electrons. The van der Waals surface area contributed by atoms with Crippen LogP contribution in [0.5, 0.6) is 0 Å². The number of quaternary nitrogens is 1. The summed E-state index contributed by atoms with van der Waals surface area (Å²) in [5, 5.41) is 0. The number of nitrogens with one attached hydrogen (secondary N) is 1. The molecule has 1 heterocycles. The Hall–Kier alpha value is -1.40. The number of aryl methyl sites for hydroxylation is 1. The Morgan fingerprint density at radius 3 is 2.36 bits per heavy atom. The van der Waals surface area contributed by atoms with Crippen LogP contribution >= 0.6 is 0 Å². The van der Waals surface area contributed by atoms with E-state index in [0.717, 1.165) is 37.3 Å². The molecule has 6 heteroatoms. The van der Waals surface area contributed by atoms with Gasteiger partial charge in [0.25, 0.3) is 0 Å². The average molecular weight is 325 g/mol. The minimum absolute atomic E-state index is 0.00739. The maximum Gasteiger partial charge on any atom is 0.224 e. The lowest BCUT2D eigenvalue weighted by Gasteiger charge is -2.30. The van der Waals surface area contributed by atoms with Gasteiger partial charge in [0.1, 0.15) is 0 Å². The van der Waals surface area contributed by atoms with Gasteiger partial charge in [-0.15, -0.1) is 0 Å². The van der Waals surface area contributed by atoms with Crippen molar-refractivity contribution in [3.63, 3.8) is 0 Å². The highest BCUT2D eigenvalue weighted by molar-refractivity contribution is 7.90. The summed E-state index contributed by atoms with van der Waals surface area (Å²) in [6.45, 7) is 5.28. The first kappa shape index (κ1) is 17.0. The Balaban J connectivity index is 1.84. The first-order valence-corrected chi connectivity index (χ1v) is 9.53. The molecule has 1 aromatic carbocycles. The number of hydrogen-bond acceptors (Lipinski definition) is 3. The van der Waals surface area contributed by atoms with Gasteiger partial charge in [-0.1, -0.05) is 29.8 Å². The number of sulfone groups is 1. The highest BCUT2D eigenvalue weighted by Gasteiger charge is 2.23.